The quantitative estimate of drug-likeness (QED) is 0.819. The Morgan fingerprint density at radius 1 is 1.57 bits per heavy atom. The van der Waals surface area contributed by atoms with Gasteiger partial charge in [-0.2, -0.15) is 0 Å². The number of rotatable bonds is 1. The summed E-state index contributed by atoms with van der Waals surface area (Å²) >= 11 is 1.97. The molecule has 0 bridgehead atoms. The molecule has 0 spiro atoms. The number of nitrogens with one attached hydrogen (secondary N) is 1. The molecule has 2 heterocycles. The van der Waals surface area contributed by atoms with E-state index in [1.54, 1.807) is 25.3 Å². The molecule has 4 nitrogen and oxygen atoms in total. The highest BCUT2D eigenvalue weighted by Crippen LogP contribution is 2.14. The molecule has 14 heavy (non-hydrogen) atoms. The van der Waals surface area contributed by atoms with Crippen molar-refractivity contribution in [3.05, 3.63) is 38.0 Å². The fraction of sp³-hybridized carbons (Fsp3) is 0.111. The summed E-state index contributed by atoms with van der Waals surface area (Å²) < 4.78 is 5.74. The van der Waals surface area contributed by atoms with Crippen molar-refractivity contribution in [3.8, 4) is 11.6 Å². The number of aryl methyl sites for hydroxylation is 1. The van der Waals surface area contributed by atoms with Crippen molar-refractivity contribution >= 4 is 22.6 Å². The molecule has 0 atom stereocenters. The minimum atomic E-state index is -0.135. The van der Waals surface area contributed by atoms with Crippen LogP contribution in [0.1, 0.15) is 5.69 Å². The van der Waals surface area contributed by atoms with Gasteiger partial charge in [0.15, 0.2) is 11.6 Å². The zero-order valence-electron chi connectivity index (χ0n) is 7.37. The Labute approximate surface area is 93.5 Å². The molecule has 0 aliphatic carbocycles. The van der Waals surface area contributed by atoms with Gasteiger partial charge in [0.2, 0.25) is 0 Å². The number of halogens is 1. The first kappa shape index (κ1) is 9.45. The summed E-state index contributed by atoms with van der Waals surface area (Å²) in [7, 11) is 0. The average Bonchev–Trinajstić information content (AvgIpc) is 2.66. The van der Waals surface area contributed by atoms with Crippen LogP contribution in [0.15, 0.2) is 27.6 Å². The molecule has 0 radical (unpaired) electrons. The Hall–Kier alpha value is -1.11. The first-order valence-electron chi connectivity index (χ1n) is 3.99. The molecule has 0 saturated heterocycles. The summed E-state index contributed by atoms with van der Waals surface area (Å²) in [4.78, 5) is 18.3. The molecule has 2 aromatic heterocycles. The first-order chi connectivity index (χ1) is 6.68. The van der Waals surface area contributed by atoms with Gasteiger partial charge in [-0.1, -0.05) is 0 Å². The number of aromatic amines is 1. The number of H-pyrrole nitrogens is 1. The molecule has 0 unspecified atom stereocenters. The van der Waals surface area contributed by atoms with E-state index in [0.29, 0.717) is 20.8 Å². The van der Waals surface area contributed by atoms with Crippen molar-refractivity contribution in [2.75, 3.05) is 0 Å². The van der Waals surface area contributed by atoms with Gasteiger partial charge in [-0.25, -0.2) is 4.98 Å². The lowest BCUT2D eigenvalue weighted by molar-refractivity contribution is 0.576. The Bertz CT molecular complexity index is 502. The van der Waals surface area contributed by atoms with E-state index in [4.69, 9.17) is 4.42 Å². The van der Waals surface area contributed by atoms with Gasteiger partial charge < -0.3 is 9.40 Å². The summed E-state index contributed by atoms with van der Waals surface area (Å²) in [6, 6.07) is 3.51. The molecular formula is C9H7IN2O2. The standard InChI is InChI=1S/C9H7IN2O2/c1-5-7(10)9(13)12-8(11-5)6-3-2-4-14-6/h2-4H,1H3,(H,11,12,13). The van der Waals surface area contributed by atoms with Gasteiger partial charge in [-0.05, 0) is 41.6 Å². The predicted octanol–water partition coefficient (Wildman–Crippen LogP) is 1.94. The fourth-order valence-corrected chi connectivity index (χ4v) is 1.36. The monoisotopic (exact) mass is 302 g/mol. The lowest BCUT2D eigenvalue weighted by atomic mass is 10.4. The van der Waals surface area contributed by atoms with Crippen molar-refractivity contribution in [2.45, 2.75) is 6.92 Å². The van der Waals surface area contributed by atoms with Gasteiger partial charge in [0.1, 0.15) is 0 Å². The second-order valence-electron chi connectivity index (χ2n) is 2.79. The minimum absolute atomic E-state index is 0.135. The van der Waals surface area contributed by atoms with Crippen LogP contribution in [0.25, 0.3) is 11.6 Å². The molecule has 5 heteroatoms. The van der Waals surface area contributed by atoms with Crippen LogP contribution in [-0.4, -0.2) is 9.97 Å². The van der Waals surface area contributed by atoms with E-state index >= 15 is 0 Å². The maximum absolute atomic E-state index is 11.4. The van der Waals surface area contributed by atoms with Crippen molar-refractivity contribution < 1.29 is 4.42 Å². The van der Waals surface area contributed by atoms with Crippen LogP contribution < -0.4 is 5.56 Å². The van der Waals surface area contributed by atoms with Crippen LogP contribution >= 0.6 is 22.6 Å². The Morgan fingerprint density at radius 3 is 2.93 bits per heavy atom. The summed E-state index contributed by atoms with van der Waals surface area (Å²) in [5, 5.41) is 0. The van der Waals surface area contributed by atoms with E-state index < -0.39 is 0 Å². The SMILES string of the molecule is Cc1nc(-c2ccco2)[nH]c(=O)c1I. The minimum Gasteiger partial charge on any atom is -0.461 e. The predicted molar refractivity (Wildman–Crippen MR) is 60.0 cm³/mol. The van der Waals surface area contributed by atoms with Crippen LogP contribution in [0.2, 0.25) is 0 Å². The second-order valence-corrected chi connectivity index (χ2v) is 3.87. The molecule has 0 amide bonds. The van der Waals surface area contributed by atoms with Crippen molar-refractivity contribution in [3.63, 3.8) is 0 Å². The van der Waals surface area contributed by atoms with Crippen LogP contribution in [0.5, 0.6) is 0 Å². The number of hydrogen-bond acceptors (Lipinski definition) is 3. The highest BCUT2D eigenvalue weighted by atomic mass is 127. The molecule has 1 N–H and O–H groups in total. The Kier molecular flexibility index (Phi) is 2.40. The lowest BCUT2D eigenvalue weighted by Crippen LogP contribution is -2.14. The average molecular weight is 302 g/mol. The summed E-state index contributed by atoms with van der Waals surface area (Å²) in [5.41, 5.74) is 0.574. The van der Waals surface area contributed by atoms with Crippen molar-refractivity contribution in [2.24, 2.45) is 0 Å². The normalized spacial score (nSPS) is 10.4. The van der Waals surface area contributed by atoms with Crippen LogP contribution in [0, 0.1) is 10.5 Å². The van der Waals surface area contributed by atoms with Gasteiger partial charge in [-0.3, -0.25) is 4.79 Å². The van der Waals surface area contributed by atoms with Gasteiger partial charge >= 0.3 is 0 Å². The van der Waals surface area contributed by atoms with Crippen molar-refractivity contribution in [1.29, 1.82) is 0 Å². The van der Waals surface area contributed by atoms with E-state index in [1.807, 2.05) is 22.6 Å². The third-order valence-electron chi connectivity index (χ3n) is 1.78. The van der Waals surface area contributed by atoms with E-state index in [1.165, 1.54) is 0 Å². The molecule has 0 fully saturated rings. The fourth-order valence-electron chi connectivity index (χ4n) is 1.10. The summed E-state index contributed by atoms with van der Waals surface area (Å²) in [5.74, 6) is 1.04. The number of hydrogen-bond donors (Lipinski definition) is 1. The van der Waals surface area contributed by atoms with Crippen LogP contribution in [0.3, 0.4) is 0 Å². The third-order valence-corrected chi connectivity index (χ3v) is 3.05. The maximum Gasteiger partial charge on any atom is 0.264 e. The van der Waals surface area contributed by atoms with Crippen LogP contribution in [-0.2, 0) is 0 Å². The Morgan fingerprint density at radius 2 is 2.36 bits per heavy atom. The highest BCUT2D eigenvalue weighted by Gasteiger charge is 2.08. The zero-order valence-corrected chi connectivity index (χ0v) is 9.53. The largest absolute Gasteiger partial charge is 0.461 e. The van der Waals surface area contributed by atoms with E-state index in [9.17, 15) is 4.79 Å². The zero-order chi connectivity index (χ0) is 10.1. The molecule has 0 aliphatic heterocycles. The maximum atomic E-state index is 11.4. The van der Waals surface area contributed by atoms with Gasteiger partial charge in [0.25, 0.3) is 5.56 Å². The van der Waals surface area contributed by atoms with E-state index in [0.717, 1.165) is 0 Å². The van der Waals surface area contributed by atoms with Gasteiger partial charge in [0, 0.05) is 0 Å². The van der Waals surface area contributed by atoms with Crippen LogP contribution in [0.4, 0.5) is 0 Å². The van der Waals surface area contributed by atoms with Crippen molar-refractivity contribution in [1.82, 2.24) is 9.97 Å². The lowest BCUT2D eigenvalue weighted by Gasteiger charge is -1.99. The van der Waals surface area contributed by atoms with Gasteiger partial charge in [0.05, 0.1) is 15.5 Å². The summed E-state index contributed by atoms with van der Waals surface area (Å²) in [6.45, 7) is 1.80. The highest BCUT2D eigenvalue weighted by molar-refractivity contribution is 14.1. The number of aromatic nitrogens is 2. The number of nitrogens with zero attached hydrogens (tertiary/aromatic N) is 1. The topological polar surface area (TPSA) is 58.9 Å². The van der Waals surface area contributed by atoms with Gasteiger partial charge in [-0.15, -0.1) is 0 Å². The molecule has 0 saturated carbocycles. The third kappa shape index (κ3) is 1.59. The molecule has 72 valence electrons. The summed E-state index contributed by atoms with van der Waals surface area (Å²) in [6.07, 6.45) is 1.54. The molecule has 2 rings (SSSR count). The first-order valence-corrected chi connectivity index (χ1v) is 5.06. The van der Waals surface area contributed by atoms with E-state index in [-0.39, 0.29) is 5.56 Å². The smallest absolute Gasteiger partial charge is 0.264 e. The number of furan rings is 1. The Balaban J connectivity index is 2.63. The van der Waals surface area contributed by atoms with E-state index in [2.05, 4.69) is 9.97 Å². The molecule has 2 aromatic rings. The second kappa shape index (κ2) is 3.56. The molecule has 0 aliphatic rings. The molecular weight excluding hydrogens is 295 g/mol. The molecule has 0 aromatic carbocycles.